The van der Waals surface area contributed by atoms with Crippen molar-refractivity contribution in [3.8, 4) is 5.75 Å². The maximum atomic E-state index is 15.1. The van der Waals surface area contributed by atoms with Gasteiger partial charge in [-0.05, 0) is 57.9 Å². The number of hydrogen-bond donors (Lipinski definition) is 2. The molecule has 188 valence electrons. The summed E-state index contributed by atoms with van der Waals surface area (Å²) in [7, 11) is -2.92. The molecule has 3 atom stereocenters. The lowest BCUT2D eigenvalue weighted by Gasteiger charge is -2.47. The second-order valence-corrected chi connectivity index (χ2v) is 11.9. The Morgan fingerprint density at radius 3 is 2.66 bits per heavy atom. The van der Waals surface area contributed by atoms with Crippen LogP contribution in [-0.4, -0.2) is 49.1 Å². The highest BCUT2D eigenvalue weighted by molar-refractivity contribution is 7.96. The van der Waals surface area contributed by atoms with E-state index >= 15 is 4.39 Å². The molecule has 0 fully saturated rings. The monoisotopic (exact) mass is 510 g/mol. The number of halogens is 3. The van der Waals surface area contributed by atoms with Crippen LogP contribution >= 0.6 is 0 Å². The highest BCUT2D eigenvalue weighted by Gasteiger charge is 2.56. The topological polar surface area (TPSA) is 132 Å². The molecule has 0 aromatic carbocycles. The molecule has 0 radical (unpaired) electrons. The Morgan fingerprint density at radius 1 is 1.26 bits per heavy atom. The van der Waals surface area contributed by atoms with Crippen LogP contribution in [0.25, 0.3) is 0 Å². The molecule has 2 aliphatic heterocycles. The van der Waals surface area contributed by atoms with E-state index in [1.165, 1.54) is 18.2 Å². The van der Waals surface area contributed by atoms with Crippen LogP contribution < -0.4 is 15.8 Å². The summed E-state index contributed by atoms with van der Waals surface area (Å²) in [5, 5.41) is 1.87. The number of nitrogens with one attached hydrogen (secondary N) is 1. The Balaban J connectivity index is 1.69. The molecule has 2 aromatic rings. The highest BCUT2D eigenvalue weighted by Crippen LogP contribution is 2.46. The molecule has 0 saturated heterocycles. The van der Waals surface area contributed by atoms with Crippen molar-refractivity contribution in [2.45, 2.75) is 55.8 Å². The van der Waals surface area contributed by atoms with Gasteiger partial charge in [-0.25, -0.2) is 22.9 Å². The summed E-state index contributed by atoms with van der Waals surface area (Å²) in [4.78, 5) is 25.3. The second kappa shape index (κ2) is 8.77. The Hall–Kier alpha value is -3.22. The van der Waals surface area contributed by atoms with Gasteiger partial charge in [0, 0.05) is 6.54 Å². The lowest BCUT2D eigenvalue weighted by molar-refractivity contribution is -0.0500. The van der Waals surface area contributed by atoms with Crippen LogP contribution in [0.2, 0.25) is 0 Å². The standard InChI is InChI=1S/C22H25F3N6O3S/c1-21(2)19(26)31-22(3,15-5-4-10-28-35(15,21)33)17-13(23)7-9-16(29-17)30-18(32)14-8-6-12(11-27-14)34-20(24)25/h6-9,11,15,20H,4-5,10H2,1-3H3,(H2,26,31)(H,29,30,32)/t15-,22+,35+/m1/s1. The molecule has 0 unspecified atom stereocenters. The fourth-order valence-electron chi connectivity index (χ4n) is 4.38. The first-order chi connectivity index (χ1) is 16.4. The molecule has 13 heteroatoms. The molecule has 1 amide bonds. The number of carbonyl (C=O) groups is 1. The molecule has 9 nitrogen and oxygen atoms in total. The average molecular weight is 511 g/mol. The van der Waals surface area contributed by atoms with Gasteiger partial charge < -0.3 is 15.8 Å². The lowest BCUT2D eigenvalue weighted by atomic mass is 9.89. The minimum Gasteiger partial charge on any atom is -0.433 e. The maximum Gasteiger partial charge on any atom is 0.387 e. The van der Waals surface area contributed by atoms with Crippen LogP contribution in [0.5, 0.6) is 5.75 Å². The van der Waals surface area contributed by atoms with Crippen molar-refractivity contribution in [1.29, 1.82) is 0 Å². The van der Waals surface area contributed by atoms with Gasteiger partial charge in [0.25, 0.3) is 5.91 Å². The fourth-order valence-corrected chi connectivity index (χ4v) is 7.61. The van der Waals surface area contributed by atoms with Gasteiger partial charge in [0.05, 0.1) is 21.2 Å². The lowest BCUT2D eigenvalue weighted by Crippen LogP contribution is -2.60. The quantitative estimate of drug-likeness (QED) is 0.633. The largest absolute Gasteiger partial charge is 0.433 e. The molecule has 0 aliphatic carbocycles. The first-order valence-corrected chi connectivity index (χ1v) is 12.4. The van der Waals surface area contributed by atoms with E-state index in [1.807, 2.05) is 0 Å². The fraction of sp³-hybridized carbons (Fsp3) is 0.455. The summed E-state index contributed by atoms with van der Waals surface area (Å²) in [6, 6.07) is 4.76. The Morgan fingerprint density at radius 2 is 2.00 bits per heavy atom. The number of rotatable bonds is 5. The second-order valence-electron chi connectivity index (χ2n) is 8.95. The SMILES string of the molecule is CC1(C)C(N)=N[C@](C)(c2nc(NC(=O)c3ccc(OC(F)F)cn3)ccc2F)[C@H]2CCCN=[S@]21=O. The zero-order valence-electron chi connectivity index (χ0n) is 19.3. The summed E-state index contributed by atoms with van der Waals surface area (Å²) in [5.41, 5.74) is 4.64. The minimum absolute atomic E-state index is 0.000171. The van der Waals surface area contributed by atoms with Gasteiger partial charge in [0.15, 0.2) is 0 Å². The molecule has 0 bridgehead atoms. The van der Waals surface area contributed by atoms with Gasteiger partial charge in [0.1, 0.15) is 44.9 Å². The number of hydrogen-bond acceptors (Lipinski definition) is 8. The van der Waals surface area contributed by atoms with Crippen LogP contribution in [0, 0.1) is 5.82 Å². The molecule has 3 N–H and O–H groups in total. The van der Waals surface area contributed by atoms with E-state index in [0.717, 1.165) is 12.3 Å². The zero-order valence-corrected chi connectivity index (χ0v) is 20.1. The van der Waals surface area contributed by atoms with E-state index in [9.17, 15) is 17.8 Å². The van der Waals surface area contributed by atoms with Gasteiger partial charge in [-0.3, -0.25) is 9.79 Å². The van der Waals surface area contributed by atoms with E-state index in [1.54, 1.807) is 20.8 Å². The van der Waals surface area contributed by atoms with Gasteiger partial charge in [0.2, 0.25) is 0 Å². The Labute approximate surface area is 200 Å². The number of pyridine rings is 2. The highest BCUT2D eigenvalue weighted by atomic mass is 32.2. The van der Waals surface area contributed by atoms with Gasteiger partial charge in [-0.15, -0.1) is 0 Å². The predicted molar refractivity (Wildman–Crippen MR) is 125 cm³/mol. The Bertz CT molecular complexity index is 1310. The third-order valence-corrected chi connectivity index (χ3v) is 10.1. The molecule has 0 saturated carbocycles. The molecular formula is C22H25F3N6O3S. The normalized spacial score (nSPS) is 27.4. The number of carbonyl (C=O) groups excluding carboxylic acids is 1. The van der Waals surface area contributed by atoms with Crippen LogP contribution in [0.3, 0.4) is 0 Å². The van der Waals surface area contributed by atoms with E-state index in [2.05, 4.69) is 29.4 Å². The minimum atomic E-state index is -3.02. The van der Waals surface area contributed by atoms with Crippen LogP contribution in [0.1, 0.15) is 49.8 Å². The van der Waals surface area contributed by atoms with Crippen LogP contribution in [0.4, 0.5) is 19.0 Å². The number of nitrogens with zero attached hydrogens (tertiary/aromatic N) is 4. The van der Waals surface area contributed by atoms with Gasteiger partial charge in [-0.2, -0.15) is 8.78 Å². The first-order valence-electron chi connectivity index (χ1n) is 10.8. The summed E-state index contributed by atoms with van der Waals surface area (Å²) in [6.07, 6.45) is 2.14. The van der Waals surface area contributed by atoms with E-state index < -0.39 is 43.6 Å². The number of amides is 1. The van der Waals surface area contributed by atoms with Crippen molar-refractivity contribution < 1.29 is 26.9 Å². The molecular weight excluding hydrogens is 485 g/mol. The number of aromatic nitrogens is 2. The summed E-state index contributed by atoms with van der Waals surface area (Å²) >= 11 is 0. The molecule has 35 heavy (non-hydrogen) atoms. The van der Waals surface area contributed by atoms with Crippen molar-refractivity contribution in [2.24, 2.45) is 15.1 Å². The van der Waals surface area contributed by atoms with Crippen molar-refractivity contribution >= 4 is 27.3 Å². The number of ether oxygens (including phenoxy) is 1. The first kappa shape index (κ1) is 24.9. The third kappa shape index (κ3) is 4.21. The third-order valence-electron chi connectivity index (χ3n) is 6.38. The smallest absolute Gasteiger partial charge is 0.387 e. The van der Waals surface area contributed by atoms with Crippen molar-refractivity contribution in [1.82, 2.24) is 9.97 Å². The maximum absolute atomic E-state index is 15.1. The molecule has 4 rings (SSSR count). The number of fused-ring (bicyclic) bond motifs is 1. The average Bonchev–Trinajstić information content (AvgIpc) is 2.79. The summed E-state index contributed by atoms with van der Waals surface area (Å²) in [6.45, 7) is 2.47. The van der Waals surface area contributed by atoms with Gasteiger partial charge >= 0.3 is 6.61 Å². The van der Waals surface area contributed by atoms with E-state index in [4.69, 9.17) is 5.73 Å². The molecule has 2 aliphatic rings. The number of aliphatic imine (C=N–C) groups is 1. The predicted octanol–water partition coefficient (Wildman–Crippen LogP) is 3.46. The summed E-state index contributed by atoms with van der Waals surface area (Å²) in [5.74, 6) is -1.50. The molecule has 0 spiro atoms. The van der Waals surface area contributed by atoms with E-state index in [-0.39, 0.29) is 28.8 Å². The van der Waals surface area contributed by atoms with Crippen molar-refractivity contribution in [2.75, 3.05) is 11.9 Å². The number of anilines is 1. The van der Waals surface area contributed by atoms with Crippen molar-refractivity contribution in [3.05, 3.63) is 47.7 Å². The molecule has 4 heterocycles. The number of nitrogens with two attached hydrogens (primary N) is 1. The molecule has 2 aromatic heterocycles. The van der Waals surface area contributed by atoms with Gasteiger partial charge in [-0.1, -0.05) is 0 Å². The number of amidine groups is 1. The summed E-state index contributed by atoms with van der Waals surface area (Å²) < 4.78 is 61.5. The number of alkyl halides is 2. The van der Waals surface area contributed by atoms with Crippen LogP contribution in [0.15, 0.2) is 39.8 Å². The van der Waals surface area contributed by atoms with Crippen molar-refractivity contribution in [3.63, 3.8) is 0 Å². The van der Waals surface area contributed by atoms with E-state index in [0.29, 0.717) is 19.4 Å². The Kier molecular flexibility index (Phi) is 6.24. The zero-order chi connectivity index (χ0) is 25.6. The van der Waals surface area contributed by atoms with Crippen LogP contribution in [-0.2, 0) is 15.3 Å².